The second-order valence-corrected chi connectivity index (χ2v) is 5.69. The van der Waals surface area contributed by atoms with Gasteiger partial charge in [-0.3, -0.25) is 4.79 Å². The monoisotopic (exact) mass is 314 g/mol. The van der Waals surface area contributed by atoms with Crippen molar-refractivity contribution in [3.8, 4) is 0 Å². The van der Waals surface area contributed by atoms with Gasteiger partial charge in [-0.05, 0) is 19.1 Å². The summed E-state index contributed by atoms with van der Waals surface area (Å²) in [4.78, 5) is 28.9. The summed E-state index contributed by atoms with van der Waals surface area (Å²) in [6.07, 6.45) is 0. The minimum absolute atomic E-state index is 0.146. The molecule has 0 aliphatic rings. The van der Waals surface area contributed by atoms with Gasteiger partial charge in [-0.1, -0.05) is 17.7 Å². The Labute approximate surface area is 136 Å². The Balaban J connectivity index is 2.15. The van der Waals surface area contributed by atoms with Crippen LogP contribution in [-0.4, -0.2) is 49.0 Å². The van der Waals surface area contributed by atoms with Gasteiger partial charge in [0, 0.05) is 33.8 Å². The van der Waals surface area contributed by atoms with Gasteiger partial charge in [0.2, 0.25) is 11.9 Å². The molecule has 7 heteroatoms. The molecule has 1 aromatic carbocycles. The number of hydrogen-bond donors (Lipinski definition) is 1. The van der Waals surface area contributed by atoms with Crippen molar-refractivity contribution in [2.75, 3.05) is 38.0 Å². The molecular weight excluding hydrogens is 292 g/mol. The molecule has 0 saturated carbocycles. The number of hydrogen-bond acceptors (Lipinski definition) is 6. The van der Waals surface area contributed by atoms with E-state index in [-0.39, 0.29) is 12.5 Å². The molecule has 0 spiro atoms. The summed E-state index contributed by atoms with van der Waals surface area (Å²) in [5, 5.41) is 2.85. The third-order valence-corrected chi connectivity index (χ3v) is 3.15. The summed E-state index contributed by atoms with van der Waals surface area (Å²) in [5.41, 5.74) is 1.67. The van der Waals surface area contributed by atoms with Crippen molar-refractivity contribution < 1.29 is 4.79 Å². The lowest BCUT2D eigenvalue weighted by molar-refractivity contribution is 0.0949. The number of nitrogens with zero attached hydrogens (tertiary/aromatic N) is 5. The molecule has 0 radical (unpaired) electrons. The number of carbonyl (C=O) groups is 1. The van der Waals surface area contributed by atoms with Crippen molar-refractivity contribution >= 4 is 17.8 Å². The minimum atomic E-state index is -0.146. The Kier molecular flexibility index (Phi) is 5.10. The summed E-state index contributed by atoms with van der Waals surface area (Å²) >= 11 is 0. The normalized spacial score (nSPS) is 10.3. The van der Waals surface area contributed by atoms with Crippen LogP contribution in [-0.2, 0) is 6.54 Å². The van der Waals surface area contributed by atoms with Gasteiger partial charge in [0.1, 0.15) is 0 Å². The number of nitrogens with one attached hydrogen (secondary N) is 1. The fourth-order valence-electron chi connectivity index (χ4n) is 1.92. The van der Waals surface area contributed by atoms with Crippen molar-refractivity contribution in [1.29, 1.82) is 0 Å². The lowest BCUT2D eigenvalue weighted by atomic mass is 10.1. The number of anilines is 2. The standard InChI is InChI=1S/C16H22N6O/c1-11-7-6-8-12(9-11)14(23)17-10-13-18-15(21(2)3)20-16(19-13)22(4)5/h6-9H,10H2,1-5H3,(H,17,23). The highest BCUT2D eigenvalue weighted by Crippen LogP contribution is 2.10. The van der Waals surface area contributed by atoms with Crippen molar-refractivity contribution in [1.82, 2.24) is 20.3 Å². The first-order valence-electron chi connectivity index (χ1n) is 7.31. The minimum Gasteiger partial charge on any atom is -0.347 e. The molecule has 0 aliphatic heterocycles. The van der Waals surface area contributed by atoms with Gasteiger partial charge in [0.15, 0.2) is 5.82 Å². The molecule has 1 heterocycles. The molecule has 1 amide bonds. The smallest absolute Gasteiger partial charge is 0.251 e. The van der Waals surface area contributed by atoms with Crippen LogP contribution in [0.1, 0.15) is 21.7 Å². The molecule has 2 aromatic rings. The molecule has 122 valence electrons. The summed E-state index contributed by atoms with van der Waals surface area (Å²) in [5.74, 6) is 1.49. The predicted molar refractivity (Wildman–Crippen MR) is 90.8 cm³/mol. The lowest BCUT2D eigenvalue weighted by Crippen LogP contribution is -2.26. The van der Waals surface area contributed by atoms with Gasteiger partial charge < -0.3 is 15.1 Å². The largest absolute Gasteiger partial charge is 0.347 e. The van der Waals surface area contributed by atoms with Crippen molar-refractivity contribution in [2.24, 2.45) is 0 Å². The number of carbonyl (C=O) groups excluding carboxylic acids is 1. The maximum atomic E-state index is 12.2. The number of rotatable bonds is 5. The average Bonchev–Trinajstić information content (AvgIpc) is 2.52. The zero-order valence-electron chi connectivity index (χ0n) is 14.2. The van der Waals surface area contributed by atoms with Crippen molar-refractivity contribution in [3.63, 3.8) is 0 Å². The van der Waals surface area contributed by atoms with Crippen LogP contribution in [0, 0.1) is 6.92 Å². The zero-order chi connectivity index (χ0) is 17.0. The molecule has 0 atom stereocenters. The van der Waals surface area contributed by atoms with Gasteiger partial charge >= 0.3 is 0 Å². The van der Waals surface area contributed by atoms with Crippen molar-refractivity contribution in [2.45, 2.75) is 13.5 Å². The SMILES string of the molecule is Cc1cccc(C(=O)NCc2nc(N(C)C)nc(N(C)C)n2)c1. The van der Waals surface area contributed by atoms with Gasteiger partial charge in [-0.2, -0.15) is 15.0 Å². The fraction of sp³-hybridized carbons (Fsp3) is 0.375. The molecule has 7 nitrogen and oxygen atoms in total. The molecule has 0 saturated heterocycles. The van der Waals surface area contributed by atoms with Crippen LogP contribution >= 0.6 is 0 Å². The average molecular weight is 314 g/mol. The molecule has 2 rings (SSSR count). The van der Waals surface area contributed by atoms with Crippen LogP contribution in [0.25, 0.3) is 0 Å². The highest BCUT2D eigenvalue weighted by Gasteiger charge is 2.11. The van der Waals surface area contributed by atoms with Crippen LogP contribution in [0.3, 0.4) is 0 Å². The maximum Gasteiger partial charge on any atom is 0.251 e. The van der Waals surface area contributed by atoms with E-state index in [1.54, 1.807) is 15.9 Å². The molecule has 0 aliphatic carbocycles. The summed E-state index contributed by atoms with van der Waals surface area (Å²) in [6, 6.07) is 7.45. The number of aryl methyl sites for hydroxylation is 1. The third-order valence-electron chi connectivity index (χ3n) is 3.15. The number of amides is 1. The molecule has 1 N–H and O–H groups in total. The van der Waals surface area contributed by atoms with Crippen molar-refractivity contribution in [3.05, 3.63) is 41.2 Å². The van der Waals surface area contributed by atoms with E-state index in [1.807, 2.05) is 53.3 Å². The second kappa shape index (κ2) is 7.04. The van der Waals surface area contributed by atoms with Gasteiger partial charge in [0.05, 0.1) is 6.54 Å². The fourth-order valence-corrected chi connectivity index (χ4v) is 1.92. The summed E-state index contributed by atoms with van der Waals surface area (Å²) in [7, 11) is 7.46. The van der Waals surface area contributed by atoms with E-state index < -0.39 is 0 Å². The number of benzene rings is 1. The molecule has 0 fully saturated rings. The third kappa shape index (κ3) is 4.38. The molecule has 23 heavy (non-hydrogen) atoms. The quantitative estimate of drug-likeness (QED) is 0.895. The Morgan fingerprint density at radius 3 is 2.17 bits per heavy atom. The summed E-state index contributed by atoms with van der Waals surface area (Å²) in [6.45, 7) is 2.20. The number of aromatic nitrogens is 3. The summed E-state index contributed by atoms with van der Waals surface area (Å²) < 4.78 is 0. The first-order valence-corrected chi connectivity index (χ1v) is 7.31. The van der Waals surface area contributed by atoms with Crippen LogP contribution in [0.5, 0.6) is 0 Å². The zero-order valence-corrected chi connectivity index (χ0v) is 14.2. The molecule has 1 aromatic heterocycles. The Hall–Kier alpha value is -2.70. The first kappa shape index (κ1) is 16.7. The highest BCUT2D eigenvalue weighted by atomic mass is 16.1. The topological polar surface area (TPSA) is 74.2 Å². The predicted octanol–water partition coefficient (Wildman–Crippen LogP) is 1.24. The van der Waals surface area contributed by atoms with E-state index >= 15 is 0 Å². The highest BCUT2D eigenvalue weighted by molar-refractivity contribution is 5.94. The maximum absolute atomic E-state index is 12.2. The van der Waals surface area contributed by atoms with Crippen LogP contribution < -0.4 is 15.1 Å². The van der Waals surface area contributed by atoms with E-state index in [4.69, 9.17) is 0 Å². The van der Waals surface area contributed by atoms with Gasteiger partial charge in [0.25, 0.3) is 5.91 Å². The lowest BCUT2D eigenvalue weighted by Gasteiger charge is -2.16. The van der Waals surface area contributed by atoms with Gasteiger partial charge in [-0.25, -0.2) is 0 Å². The molecule has 0 unspecified atom stereocenters. The molecular formula is C16H22N6O. The Bertz CT molecular complexity index is 672. The van der Waals surface area contributed by atoms with Gasteiger partial charge in [-0.15, -0.1) is 0 Å². The van der Waals surface area contributed by atoms with E-state index in [0.717, 1.165) is 5.56 Å². The van der Waals surface area contributed by atoms with Crippen LogP contribution in [0.15, 0.2) is 24.3 Å². The first-order chi connectivity index (χ1) is 10.9. The Morgan fingerprint density at radius 2 is 1.65 bits per heavy atom. The van der Waals surface area contributed by atoms with Crippen LogP contribution in [0.2, 0.25) is 0 Å². The van der Waals surface area contributed by atoms with E-state index in [1.165, 1.54) is 0 Å². The second-order valence-electron chi connectivity index (χ2n) is 5.69. The van der Waals surface area contributed by atoms with Crippen LogP contribution in [0.4, 0.5) is 11.9 Å². The Morgan fingerprint density at radius 1 is 1.04 bits per heavy atom. The van der Waals surface area contributed by atoms with E-state index in [9.17, 15) is 4.79 Å². The van der Waals surface area contributed by atoms with E-state index in [0.29, 0.717) is 23.3 Å². The molecule has 0 bridgehead atoms. The van der Waals surface area contributed by atoms with E-state index in [2.05, 4.69) is 20.3 Å².